The van der Waals surface area contributed by atoms with E-state index in [9.17, 15) is 14.7 Å². The van der Waals surface area contributed by atoms with Crippen LogP contribution in [0.25, 0.3) is 0 Å². The highest BCUT2D eigenvalue weighted by Gasteiger charge is 2.41. The number of carbonyl (C=O) groups excluding carboxylic acids is 2. The van der Waals surface area contributed by atoms with Crippen molar-refractivity contribution in [1.29, 1.82) is 0 Å². The fourth-order valence-electron chi connectivity index (χ4n) is 3.27. The average Bonchev–Trinajstić information content (AvgIpc) is 2.64. The van der Waals surface area contributed by atoms with Crippen molar-refractivity contribution in [2.45, 2.75) is 59.7 Å². The Balaban J connectivity index is 2.33. The minimum atomic E-state index is -0.916. The van der Waals surface area contributed by atoms with Gasteiger partial charge in [-0.15, -0.1) is 0 Å². The number of aromatic hydroxyl groups is 1. The molecule has 1 N–H and O–H groups in total. The highest BCUT2D eigenvalue weighted by Crippen LogP contribution is 2.47. The summed E-state index contributed by atoms with van der Waals surface area (Å²) in [5, 5.41) is 10.4. The molecule has 0 fully saturated rings. The number of cyclic esters (lactones) is 1. The standard InChI is InChI=1S/C23H30O7/c1-13(2)8-7-9-14(3)10-11-28-18-12-17(25)19-20(22(18)27-6)21(30-16(5)24)15(4)29-23(19)26/h8,10,12,15,21,25H,7,9,11H2,1-6H3. The molecule has 7 heteroatoms. The zero-order chi connectivity index (χ0) is 22.4. The number of fused-ring (bicyclic) bond motifs is 1. The van der Waals surface area contributed by atoms with Crippen LogP contribution in [0.5, 0.6) is 17.2 Å². The van der Waals surface area contributed by atoms with Crippen LogP contribution in [-0.4, -0.2) is 36.9 Å². The molecule has 0 radical (unpaired) electrons. The molecular formula is C23H30O7. The van der Waals surface area contributed by atoms with Crippen LogP contribution in [0.2, 0.25) is 0 Å². The fraction of sp³-hybridized carbons (Fsp3) is 0.478. The zero-order valence-electron chi connectivity index (χ0n) is 18.4. The predicted molar refractivity (Wildman–Crippen MR) is 112 cm³/mol. The number of esters is 2. The number of methoxy groups -OCH3 is 1. The molecule has 0 aliphatic carbocycles. The van der Waals surface area contributed by atoms with E-state index in [4.69, 9.17) is 18.9 Å². The lowest BCUT2D eigenvalue weighted by atomic mass is 9.93. The maximum absolute atomic E-state index is 12.3. The van der Waals surface area contributed by atoms with E-state index in [-0.39, 0.29) is 35.0 Å². The Bertz CT molecular complexity index is 863. The molecule has 0 saturated carbocycles. The minimum Gasteiger partial charge on any atom is -0.507 e. The number of hydrogen-bond acceptors (Lipinski definition) is 7. The Morgan fingerprint density at radius 1 is 1.23 bits per heavy atom. The van der Waals surface area contributed by atoms with Crippen molar-refractivity contribution in [2.75, 3.05) is 13.7 Å². The van der Waals surface area contributed by atoms with Gasteiger partial charge in [-0.3, -0.25) is 4.79 Å². The molecule has 1 heterocycles. The molecule has 7 nitrogen and oxygen atoms in total. The molecule has 0 amide bonds. The summed E-state index contributed by atoms with van der Waals surface area (Å²) in [4.78, 5) is 23.9. The first-order valence-electron chi connectivity index (χ1n) is 9.89. The van der Waals surface area contributed by atoms with Crippen molar-refractivity contribution >= 4 is 11.9 Å². The molecule has 164 valence electrons. The second kappa shape index (κ2) is 10.2. The third-order valence-electron chi connectivity index (χ3n) is 4.73. The summed E-state index contributed by atoms with van der Waals surface area (Å²) in [6, 6.07) is 1.31. The van der Waals surface area contributed by atoms with Crippen LogP contribution in [0.1, 0.15) is 69.5 Å². The maximum Gasteiger partial charge on any atom is 0.342 e. The number of rotatable bonds is 8. The Hall–Kier alpha value is -2.96. The zero-order valence-corrected chi connectivity index (χ0v) is 18.4. The number of carbonyl (C=O) groups is 2. The lowest BCUT2D eigenvalue weighted by molar-refractivity contribution is -0.153. The highest BCUT2D eigenvalue weighted by molar-refractivity contribution is 5.97. The number of phenols is 1. The third-order valence-corrected chi connectivity index (χ3v) is 4.73. The molecule has 1 aromatic rings. The van der Waals surface area contributed by atoms with Gasteiger partial charge in [0.1, 0.15) is 24.0 Å². The van der Waals surface area contributed by atoms with E-state index in [2.05, 4.69) is 19.9 Å². The monoisotopic (exact) mass is 418 g/mol. The molecule has 30 heavy (non-hydrogen) atoms. The number of benzene rings is 1. The van der Waals surface area contributed by atoms with Gasteiger partial charge in [0.05, 0.1) is 12.7 Å². The predicted octanol–water partition coefficient (Wildman–Crippen LogP) is 4.64. The molecule has 0 bridgehead atoms. The van der Waals surface area contributed by atoms with E-state index in [0.717, 1.165) is 12.8 Å². The lowest BCUT2D eigenvalue weighted by Gasteiger charge is -2.32. The van der Waals surface area contributed by atoms with Crippen molar-refractivity contribution in [3.8, 4) is 17.2 Å². The van der Waals surface area contributed by atoms with Gasteiger partial charge in [0.25, 0.3) is 0 Å². The molecule has 1 aliphatic rings. The van der Waals surface area contributed by atoms with Gasteiger partial charge in [-0.25, -0.2) is 4.79 Å². The summed E-state index contributed by atoms with van der Waals surface area (Å²) >= 11 is 0. The van der Waals surface area contributed by atoms with Gasteiger partial charge in [-0.2, -0.15) is 0 Å². The van der Waals surface area contributed by atoms with Crippen molar-refractivity contribution in [3.63, 3.8) is 0 Å². The highest BCUT2D eigenvalue weighted by atomic mass is 16.6. The normalized spacial score (nSPS) is 18.2. The second-order valence-electron chi connectivity index (χ2n) is 7.54. The van der Waals surface area contributed by atoms with Gasteiger partial charge in [0, 0.05) is 13.0 Å². The van der Waals surface area contributed by atoms with Crippen LogP contribution in [0.4, 0.5) is 0 Å². The minimum absolute atomic E-state index is 0.0861. The molecule has 0 saturated heterocycles. The SMILES string of the molecule is COc1c(OCC=C(C)CCC=C(C)C)cc(O)c2c1C(OC(C)=O)C(C)OC2=O. The smallest absolute Gasteiger partial charge is 0.342 e. The summed E-state index contributed by atoms with van der Waals surface area (Å²) in [6.45, 7) is 9.29. The molecule has 0 aromatic heterocycles. The number of ether oxygens (including phenoxy) is 4. The van der Waals surface area contributed by atoms with Crippen molar-refractivity contribution in [1.82, 2.24) is 0 Å². The molecule has 1 aromatic carbocycles. The van der Waals surface area contributed by atoms with Gasteiger partial charge in [0.2, 0.25) is 0 Å². The summed E-state index contributed by atoms with van der Waals surface area (Å²) in [6.07, 6.45) is 4.35. The molecule has 2 atom stereocenters. The summed E-state index contributed by atoms with van der Waals surface area (Å²) in [5.74, 6) is -1.09. The molecule has 1 aliphatic heterocycles. The fourth-order valence-corrected chi connectivity index (χ4v) is 3.27. The molecule has 0 spiro atoms. The van der Waals surface area contributed by atoms with Crippen LogP contribution >= 0.6 is 0 Å². The number of phenolic OH excluding ortho intramolecular Hbond substituents is 1. The van der Waals surface area contributed by atoms with Gasteiger partial charge in [-0.1, -0.05) is 17.2 Å². The van der Waals surface area contributed by atoms with E-state index >= 15 is 0 Å². The van der Waals surface area contributed by atoms with Crippen LogP contribution in [0.15, 0.2) is 29.4 Å². The van der Waals surface area contributed by atoms with Crippen LogP contribution < -0.4 is 9.47 Å². The molecule has 2 unspecified atom stereocenters. The average molecular weight is 418 g/mol. The molecular weight excluding hydrogens is 388 g/mol. The maximum atomic E-state index is 12.3. The van der Waals surface area contributed by atoms with E-state index in [1.54, 1.807) is 6.92 Å². The second-order valence-corrected chi connectivity index (χ2v) is 7.54. The van der Waals surface area contributed by atoms with Gasteiger partial charge in [0.15, 0.2) is 17.6 Å². The van der Waals surface area contributed by atoms with Crippen LogP contribution in [0.3, 0.4) is 0 Å². The quantitative estimate of drug-likeness (QED) is 0.486. The van der Waals surface area contributed by atoms with E-state index in [1.807, 2.05) is 13.0 Å². The lowest BCUT2D eigenvalue weighted by Crippen LogP contribution is -2.33. The Labute approximate surface area is 177 Å². The van der Waals surface area contributed by atoms with E-state index < -0.39 is 24.1 Å². The van der Waals surface area contributed by atoms with Gasteiger partial charge >= 0.3 is 11.9 Å². The largest absolute Gasteiger partial charge is 0.507 e. The Morgan fingerprint density at radius 3 is 2.53 bits per heavy atom. The first-order chi connectivity index (χ1) is 14.1. The van der Waals surface area contributed by atoms with Gasteiger partial charge < -0.3 is 24.1 Å². The molecule has 2 rings (SSSR count). The summed E-state index contributed by atoms with van der Waals surface area (Å²) in [5.41, 5.74) is 2.61. The number of hydrogen-bond donors (Lipinski definition) is 1. The van der Waals surface area contributed by atoms with Crippen molar-refractivity contribution in [2.24, 2.45) is 0 Å². The first kappa shape index (κ1) is 23.3. The third kappa shape index (κ3) is 5.55. The van der Waals surface area contributed by atoms with E-state index in [0.29, 0.717) is 0 Å². The Morgan fingerprint density at radius 2 is 1.93 bits per heavy atom. The van der Waals surface area contributed by atoms with Crippen molar-refractivity contribution < 1.29 is 33.6 Å². The topological polar surface area (TPSA) is 91.3 Å². The number of allylic oxidation sites excluding steroid dienone is 3. The van der Waals surface area contributed by atoms with E-state index in [1.165, 1.54) is 31.2 Å². The first-order valence-corrected chi connectivity index (χ1v) is 9.89. The van der Waals surface area contributed by atoms with Crippen molar-refractivity contribution in [3.05, 3.63) is 40.5 Å². The Kier molecular flexibility index (Phi) is 7.92. The summed E-state index contributed by atoms with van der Waals surface area (Å²) in [7, 11) is 1.43. The van der Waals surface area contributed by atoms with Crippen LogP contribution in [0, 0.1) is 0 Å². The van der Waals surface area contributed by atoms with Crippen LogP contribution in [-0.2, 0) is 14.3 Å². The van der Waals surface area contributed by atoms with Gasteiger partial charge in [-0.05, 0) is 46.6 Å². The summed E-state index contributed by atoms with van der Waals surface area (Å²) < 4.78 is 21.9.